The summed E-state index contributed by atoms with van der Waals surface area (Å²) in [7, 11) is 0. The van der Waals surface area contributed by atoms with Crippen molar-refractivity contribution in [2.75, 3.05) is 6.54 Å². The van der Waals surface area contributed by atoms with E-state index in [0.29, 0.717) is 5.54 Å². The molecule has 1 aliphatic heterocycles. The molecule has 1 unspecified atom stereocenters. The molecule has 0 radical (unpaired) electrons. The molecule has 1 saturated heterocycles. The lowest BCUT2D eigenvalue weighted by Crippen LogP contribution is -2.45. The first-order chi connectivity index (χ1) is 7.18. The Morgan fingerprint density at radius 1 is 1.20 bits per heavy atom. The zero-order valence-corrected chi connectivity index (χ0v) is 10.9. The van der Waals surface area contributed by atoms with Crippen molar-refractivity contribution in [3.63, 3.8) is 0 Å². The van der Waals surface area contributed by atoms with Crippen molar-refractivity contribution in [3.8, 4) is 0 Å². The van der Waals surface area contributed by atoms with Crippen molar-refractivity contribution >= 4 is 0 Å². The van der Waals surface area contributed by atoms with Crippen molar-refractivity contribution in [2.45, 2.75) is 77.7 Å². The normalized spacial score (nSPS) is 28.0. The average molecular weight is 211 g/mol. The number of hydrogen-bond acceptors (Lipinski definition) is 1. The van der Waals surface area contributed by atoms with E-state index in [9.17, 15) is 0 Å². The van der Waals surface area contributed by atoms with Gasteiger partial charge in [-0.15, -0.1) is 0 Å². The minimum Gasteiger partial charge on any atom is -0.311 e. The highest BCUT2D eigenvalue weighted by atomic mass is 15.0. The molecule has 1 fully saturated rings. The standard InChI is InChI=1S/C14H29N/c1-4-5-9-14(12-13(2)3)10-7-6-8-11-15-14/h13,15H,4-12H2,1-3H3. The van der Waals surface area contributed by atoms with Gasteiger partial charge in [0, 0.05) is 5.54 Å². The van der Waals surface area contributed by atoms with Crippen LogP contribution in [0.4, 0.5) is 0 Å². The van der Waals surface area contributed by atoms with Gasteiger partial charge in [-0.1, -0.05) is 46.5 Å². The molecule has 1 nitrogen and oxygen atoms in total. The number of rotatable bonds is 5. The van der Waals surface area contributed by atoms with E-state index in [1.54, 1.807) is 0 Å². The van der Waals surface area contributed by atoms with Crippen LogP contribution in [0.3, 0.4) is 0 Å². The van der Waals surface area contributed by atoms with Crippen LogP contribution in [0.25, 0.3) is 0 Å². The van der Waals surface area contributed by atoms with Gasteiger partial charge in [-0.05, 0) is 38.1 Å². The Kier molecular flexibility index (Phi) is 5.66. The van der Waals surface area contributed by atoms with E-state index in [1.807, 2.05) is 0 Å². The smallest absolute Gasteiger partial charge is 0.0184 e. The summed E-state index contributed by atoms with van der Waals surface area (Å²) in [5.41, 5.74) is 0.487. The lowest BCUT2D eigenvalue weighted by Gasteiger charge is -2.35. The molecule has 1 N–H and O–H groups in total. The second-order valence-corrected chi connectivity index (χ2v) is 5.72. The summed E-state index contributed by atoms with van der Waals surface area (Å²) in [5, 5.41) is 3.86. The molecule has 90 valence electrons. The molecule has 1 aliphatic rings. The molecule has 0 spiro atoms. The van der Waals surface area contributed by atoms with Crippen LogP contribution in [0.1, 0.15) is 72.1 Å². The van der Waals surface area contributed by atoms with Crippen LogP contribution < -0.4 is 5.32 Å². The number of hydrogen-bond donors (Lipinski definition) is 1. The number of nitrogens with one attached hydrogen (secondary N) is 1. The van der Waals surface area contributed by atoms with E-state index in [1.165, 1.54) is 57.9 Å². The van der Waals surface area contributed by atoms with E-state index in [0.717, 1.165) is 5.92 Å². The van der Waals surface area contributed by atoms with Gasteiger partial charge in [-0.2, -0.15) is 0 Å². The molecule has 0 aromatic carbocycles. The van der Waals surface area contributed by atoms with Crippen molar-refractivity contribution in [2.24, 2.45) is 5.92 Å². The molecule has 0 saturated carbocycles. The van der Waals surface area contributed by atoms with E-state index in [4.69, 9.17) is 0 Å². The largest absolute Gasteiger partial charge is 0.311 e. The van der Waals surface area contributed by atoms with Crippen LogP contribution in [-0.4, -0.2) is 12.1 Å². The summed E-state index contributed by atoms with van der Waals surface area (Å²) in [6, 6.07) is 0. The first-order valence-electron chi connectivity index (χ1n) is 6.93. The Bertz CT molecular complexity index is 155. The maximum Gasteiger partial charge on any atom is 0.0184 e. The Hall–Kier alpha value is -0.0400. The summed E-state index contributed by atoms with van der Waals surface area (Å²) in [6.07, 6.45) is 11.1. The molecule has 0 bridgehead atoms. The predicted octanol–water partition coefficient (Wildman–Crippen LogP) is 4.13. The van der Waals surface area contributed by atoms with Gasteiger partial charge in [0.15, 0.2) is 0 Å². The van der Waals surface area contributed by atoms with Crippen LogP contribution in [0.2, 0.25) is 0 Å². The SMILES string of the molecule is CCCCC1(CC(C)C)CCCCCN1. The zero-order chi connectivity index (χ0) is 11.1. The van der Waals surface area contributed by atoms with Crippen molar-refractivity contribution < 1.29 is 0 Å². The average Bonchev–Trinajstić information content (AvgIpc) is 2.40. The molecule has 1 atom stereocenters. The highest BCUT2D eigenvalue weighted by Gasteiger charge is 2.30. The van der Waals surface area contributed by atoms with Crippen LogP contribution in [0.15, 0.2) is 0 Å². The quantitative estimate of drug-likeness (QED) is 0.721. The Balaban J connectivity index is 2.55. The van der Waals surface area contributed by atoms with Gasteiger partial charge >= 0.3 is 0 Å². The van der Waals surface area contributed by atoms with E-state index in [2.05, 4.69) is 26.1 Å². The van der Waals surface area contributed by atoms with E-state index < -0.39 is 0 Å². The molecule has 0 aliphatic carbocycles. The fraction of sp³-hybridized carbons (Fsp3) is 1.00. The summed E-state index contributed by atoms with van der Waals surface area (Å²) < 4.78 is 0. The third-order valence-corrected chi connectivity index (χ3v) is 3.64. The van der Waals surface area contributed by atoms with Gasteiger partial charge in [0.25, 0.3) is 0 Å². The van der Waals surface area contributed by atoms with Gasteiger partial charge in [0.2, 0.25) is 0 Å². The second kappa shape index (κ2) is 6.52. The van der Waals surface area contributed by atoms with Gasteiger partial charge < -0.3 is 5.32 Å². The van der Waals surface area contributed by atoms with Gasteiger partial charge in [0.1, 0.15) is 0 Å². The van der Waals surface area contributed by atoms with Gasteiger partial charge in [0.05, 0.1) is 0 Å². The predicted molar refractivity (Wildman–Crippen MR) is 68.2 cm³/mol. The fourth-order valence-electron chi connectivity index (χ4n) is 2.99. The summed E-state index contributed by atoms with van der Waals surface area (Å²) >= 11 is 0. The van der Waals surface area contributed by atoms with E-state index >= 15 is 0 Å². The molecule has 1 heterocycles. The van der Waals surface area contributed by atoms with Crippen LogP contribution in [0.5, 0.6) is 0 Å². The monoisotopic (exact) mass is 211 g/mol. The molecule has 1 rings (SSSR count). The minimum absolute atomic E-state index is 0.487. The molecule has 0 aromatic heterocycles. The van der Waals surface area contributed by atoms with Crippen LogP contribution in [-0.2, 0) is 0 Å². The van der Waals surface area contributed by atoms with Crippen molar-refractivity contribution in [3.05, 3.63) is 0 Å². The first-order valence-corrected chi connectivity index (χ1v) is 6.93. The van der Waals surface area contributed by atoms with Crippen molar-refractivity contribution in [1.29, 1.82) is 0 Å². The minimum atomic E-state index is 0.487. The molecule has 15 heavy (non-hydrogen) atoms. The van der Waals surface area contributed by atoms with Gasteiger partial charge in [-0.3, -0.25) is 0 Å². The first kappa shape index (κ1) is 13.0. The Morgan fingerprint density at radius 2 is 2.00 bits per heavy atom. The second-order valence-electron chi connectivity index (χ2n) is 5.72. The Labute approximate surface area is 96.0 Å². The van der Waals surface area contributed by atoms with E-state index in [-0.39, 0.29) is 0 Å². The van der Waals surface area contributed by atoms with Crippen LogP contribution in [0, 0.1) is 5.92 Å². The summed E-state index contributed by atoms with van der Waals surface area (Å²) in [6.45, 7) is 8.27. The maximum absolute atomic E-state index is 3.86. The zero-order valence-electron chi connectivity index (χ0n) is 10.9. The number of unbranched alkanes of at least 4 members (excludes halogenated alkanes) is 1. The third-order valence-electron chi connectivity index (χ3n) is 3.64. The highest BCUT2D eigenvalue weighted by molar-refractivity contribution is 4.90. The van der Waals surface area contributed by atoms with Crippen LogP contribution >= 0.6 is 0 Å². The molecular formula is C14H29N. The maximum atomic E-state index is 3.86. The summed E-state index contributed by atoms with van der Waals surface area (Å²) in [5.74, 6) is 0.826. The molecular weight excluding hydrogens is 182 g/mol. The lowest BCUT2D eigenvalue weighted by molar-refractivity contribution is 0.236. The van der Waals surface area contributed by atoms with Gasteiger partial charge in [-0.25, -0.2) is 0 Å². The highest BCUT2D eigenvalue weighted by Crippen LogP contribution is 2.30. The lowest BCUT2D eigenvalue weighted by atomic mass is 9.81. The molecule has 0 amide bonds. The third kappa shape index (κ3) is 4.55. The summed E-state index contributed by atoms with van der Waals surface area (Å²) in [4.78, 5) is 0. The molecule has 1 heteroatoms. The molecule has 0 aromatic rings. The topological polar surface area (TPSA) is 12.0 Å². The Morgan fingerprint density at radius 3 is 2.67 bits per heavy atom. The fourth-order valence-corrected chi connectivity index (χ4v) is 2.99. The van der Waals surface area contributed by atoms with Crippen molar-refractivity contribution in [1.82, 2.24) is 5.32 Å².